The topological polar surface area (TPSA) is 108 Å². The summed E-state index contributed by atoms with van der Waals surface area (Å²) in [6.45, 7) is 3.64. The summed E-state index contributed by atoms with van der Waals surface area (Å²) < 4.78 is 0. The van der Waals surface area contributed by atoms with Crippen LogP contribution in [0.4, 0.5) is 0 Å². The van der Waals surface area contributed by atoms with Crippen molar-refractivity contribution in [2.45, 2.75) is 103 Å². The van der Waals surface area contributed by atoms with Gasteiger partial charge >= 0.3 is 0 Å². The second-order valence-electron chi connectivity index (χ2n) is 15.8. The fourth-order valence-corrected chi connectivity index (χ4v) is 11.5. The lowest BCUT2D eigenvalue weighted by molar-refractivity contribution is -0.130. The van der Waals surface area contributed by atoms with Crippen molar-refractivity contribution in [2.75, 3.05) is 39.3 Å². The van der Waals surface area contributed by atoms with Crippen LogP contribution in [0, 0.1) is 46.3 Å². The molecule has 8 aliphatic rings. The zero-order valence-electron chi connectivity index (χ0n) is 25.7. The lowest BCUT2D eigenvalue weighted by Crippen LogP contribution is -2.49. The van der Waals surface area contributed by atoms with E-state index in [0.29, 0.717) is 52.1 Å². The van der Waals surface area contributed by atoms with E-state index in [1.165, 1.54) is 77.0 Å². The SMILES string of the molecule is O=CCCC(=O)NCCN(CCNC(=O)CC12CC3CC(CC(C3)C1)C2)CCNC(=O)CC12CC3CC(CC(C3)C1)C2. The minimum Gasteiger partial charge on any atom is -0.355 e. The first-order valence-corrected chi connectivity index (χ1v) is 17.3. The van der Waals surface area contributed by atoms with Crippen LogP contribution in [-0.2, 0) is 19.2 Å². The molecule has 3 amide bonds. The zero-order valence-corrected chi connectivity index (χ0v) is 25.7. The second kappa shape index (κ2) is 13.0. The van der Waals surface area contributed by atoms with E-state index in [4.69, 9.17) is 0 Å². The molecule has 0 unspecified atom stereocenters. The summed E-state index contributed by atoms with van der Waals surface area (Å²) in [4.78, 5) is 50.9. The van der Waals surface area contributed by atoms with E-state index in [1.54, 1.807) is 0 Å². The second-order valence-corrected chi connectivity index (χ2v) is 15.8. The van der Waals surface area contributed by atoms with E-state index in [1.807, 2.05) is 0 Å². The molecule has 8 nitrogen and oxygen atoms in total. The maximum Gasteiger partial charge on any atom is 0.220 e. The smallest absolute Gasteiger partial charge is 0.220 e. The summed E-state index contributed by atoms with van der Waals surface area (Å²) in [6, 6.07) is 0. The average molecular weight is 583 g/mol. The first kappa shape index (κ1) is 30.1. The predicted octanol–water partition coefficient (Wildman–Crippen LogP) is 3.83. The van der Waals surface area contributed by atoms with Gasteiger partial charge in [-0.25, -0.2) is 0 Å². The third kappa shape index (κ3) is 7.39. The molecule has 8 rings (SSSR count). The Labute approximate surface area is 252 Å². The quantitative estimate of drug-likeness (QED) is 0.240. The van der Waals surface area contributed by atoms with Gasteiger partial charge in [-0.3, -0.25) is 19.3 Å². The van der Waals surface area contributed by atoms with Crippen LogP contribution >= 0.6 is 0 Å². The summed E-state index contributed by atoms with van der Waals surface area (Å²) in [5.74, 6) is 5.33. The molecular weight excluding hydrogens is 528 g/mol. The maximum atomic E-state index is 13.0. The molecule has 0 atom stereocenters. The Morgan fingerprint density at radius 3 is 1.24 bits per heavy atom. The normalized spacial score (nSPS) is 37.2. The summed E-state index contributed by atoms with van der Waals surface area (Å²) in [6.07, 6.45) is 18.3. The molecule has 8 saturated carbocycles. The molecule has 8 heteroatoms. The third-order valence-corrected chi connectivity index (χ3v) is 12.1. The van der Waals surface area contributed by atoms with E-state index in [2.05, 4.69) is 20.9 Å². The number of amides is 3. The predicted molar refractivity (Wildman–Crippen MR) is 161 cm³/mol. The van der Waals surface area contributed by atoms with Gasteiger partial charge in [0.25, 0.3) is 0 Å². The van der Waals surface area contributed by atoms with Crippen molar-refractivity contribution in [1.29, 1.82) is 0 Å². The molecule has 3 N–H and O–H groups in total. The Hall–Kier alpha value is -1.96. The van der Waals surface area contributed by atoms with Gasteiger partial charge in [-0.15, -0.1) is 0 Å². The molecule has 42 heavy (non-hydrogen) atoms. The summed E-state index contributed by atoms with van der Waals surface area (Å²) in [5.41, 5.74) is 0.483. The first-order chi connectivity index (χ1) is 20.3. The molecule has 0 heterocycles. The first-order valence-electron chi connectivity index (χ1n) is 17.3. The van der Waals surface area contributed by atoms with Gasteiger partial charge in [-0.1, -0.05) is 0 Å². The molecule has 0 spiro atoms. The maximum absolute atomic E-state index is 13.0. The van der Waals surface area contributed by atoms with Crippen LogP contribution in [0.3, 0.4) is 0 Å². The van der Waals surface area contributed by atoms with Gasteiger partial charge in [0.05, 0.1) is 0 Å². The summed E-state index contributed by atoms with van der Waals surface area (Å²) >= 11 is 0. The average Bonchev–Trinajstić information content (AvgIpc) is 2.89. The molecule has 8 bridgehead atoms. The minimum absolute atomic E-state index is 0.116. The Balaban J connectivity index is 0.941. The van der Waals surface area contributed by atoms with Crippen LogP contribution in [0.2, 0.25) is 0 Å². The molecule has 0 aliphatic heterocycles. The van der Waals surface area contributed by atoms with Crippen molar-refractivity contribution in [3.8, 4) is 0 Å². The van der Waals surface area contributed by atoms with Gasteiger partial charge in [0.2, 0.25) is 17.7 Å². The largest absolute Gasteiger partial charge is 0.355 e. The number of carbonyl (C=O) groups excluding carboxylic acids is 4. The molecule has 8 aliphatic carbocycles. The van der Waals surface area contributed by atoms with Gasteiger partial charge in [0.1, 0.15) is 6.29 Å². The van der Waals surface area contributed by atoms with E-state index >= 15 is 0 Å². The highest BCUT2D eigenvalue weighted by molar-refractivity contribution is 5.78. The van der Waals surface area contributed by atoms with E-state index in [0.717, 1.165) is 41.8 Å². The Morgan fingerprint density at radius 2 is 0.905 bits per heavy atom. The van der Waals surface area contributed by atoms with Gasteiger partial charge in [-0.2, -0.15) is 0 Å². The van der Waals surface area contributed by atoms with Crippen LogP contribution in [0.1, 0.15) is 103 Å². The monoisotopic (exact) mass is 582 g/mol. The standard InChI is InChI=1S/C34H54N4O4/c39-9-1-2-30(40)35-3-6-38(7-4-36-31(41)22-33-16-24-10-25(17-33)12-26(11-24)18-33)8-5-37-32(42)23-34-19-27-13-28(20-34)15-29(14-27)21-34/h9,24-29H,1-8,10-23H2,(H,35,40)(H,36,41)(H,37,42). The number of rotatable bonds is 16. The minimum atomic E-state index is -0.116. The van der Waals surface area contributed by atoms with Gasteiger partial charge in [0, 0.05) is 65.0 Å². The van der Waals surface area contributed by atoms with Crippen molar-refractivity contribution in [3.63, 3.8) is 0 Å². The highest BCUT2D eigenvalue weighted by Crippen LogP contribution is 2.62. The van der Waals surface area contributed by atoms with Gasteiger partial charge in [-0.05, 0) is 123 Å². The Morgan fingerprint density at radius 1 is 0.571 bits per heavy atom. The van der Waals surface area contributed by atoms with E-state index in [9.17, 15) is 19.2 Å². The highest BCUT2D eigenvalue weighted by atomic mass is 16.2. The van der Waals surface area contributed by atoms with Crippen molar-refractivity contribution < 1.29 is 19.2 Å². The molecule has 0 aromatic carbocycles. The number of hydrogen-bond donors (Lipinski definition) is 3. The van der Waals surface area contributed by atoms with Crippen molar-refractivity contribution in [3.05, 3.63) is 0 Å². The van der Waals surface area contributed by atoms with Crippen LogP contribution < -0.4 is 16.0 Å². The molecule has 0 aromatic heterocycles. The number of nitrogens with zero attached hydrogens (tertiary/aromatic N) is 1. The number of nitrogens with one attached hydrogen (secondary N) is 3. The molecule has 0 radical (unpaired) electrons. The molecule has 0 aromatic rings. The Kier molecular flexibility index (Phi) is 9.28. The van der Waals surface area contributed by atoms with Crippen LogP contribution in [0.5, 0.6) is 0 Å². The van der Waals surface area contributed by atoms with Crippen molar-refractivity contribution in [2.24, 2.45) is 46.3 Å². The van der Waals surface area contributed by atoms with Crippen LogP contribution in [0.25, 0.3) is 0 Å². The van der Waals surface area contributed by atoms with Crippen LogP contribution in [-0.4, -0.2) is 68.2 Å². The molecule has 0 saturated heterocycles. The molecule has 234 valence electrons. The van der Waals surface area contributed by atoms with E-state index < -0.39 is 0 Å². The Bertz CT molecular complexity index is 877. The molecular formula is C34H54N4O4. The van der Waals surface area contributed by atoms with E-state index in [-0.39, 0.29) is 41.4 Å². The summed E-state index contributed by atoms with van der Waals surface area (Å²) in [7, 11) is 0. The summed E-state index contributed by atoms with van der Waals surface area (Å²) in [5, 5.41) is 9.31. The lowest BCUT2D eigenvalue weighted by Gasteiger charge is -2.56. The van der Waals surface area contributed by atoms with Crippen molar-refractivity contribution >= 4 is 24.0 Å². The zero-order chi connectivity index (χ0) is 29.2. The van der Waals surface area contributed by atoms with Crippen molar-refractivity contribution in [1.82, 2.24) is 20.9 Å². The van der Waals surface area contributed by atoms with Crippen LogP contribution in [0.15, 0.2) is 0 Å². The number of carbonyl (C=O) groups is 4. The van der Waals surface area contributed by atoms with Gasteiger partial charge in [0.15, 0.2) is 0 Å². The third-order valence-electron chi connectivity index (χ3n) is 12.1. The molecule has 8 fully saturated rings. The number of hydrogen-bond acceptors (Lipinski definition) is 5. The number of aldehydes is 1. The highest BCUT2D eigenvalue weighted by Gasteiger charge is 2.52. The fourth-order valence-electron chi connectivity index (χ4n) is 11.5. The van der Waals surface area contributed by atoms with Gasteiger partial charge < -0.3 is 20.7 Å². The fraction of sp³-hybridized carbons (Fsp3) is 0.882. The lowest BCUT2D eigenvalue weighted by atomic mass is 9.49.